The quantitative estimate of drug-likeness (QED) is 0.711. The average molecular weight is 436 g/mol. The Hall–Kier alpha value is -2.46. The maximum atomic E-state index is 14.0. The average Bonchev–Trinajstić information content (AvgIpc) is 3.28. The third-order valence-electron chi connectivity index (χ3n) is 5.54. The summed E-state index contributed by atoms with van der Waals surface area (Å²) < 4.78 is 46.1. The minimum atomic E-state index is -3.77. The van der Waals surface area contributed by atoms with E-state index in [9.17, 15) is 12.8 Å². The Morgan fingerprint density at radius 1 is 0.967 bits per heavy atom. The highest BCUT2D eigenvalue weighted by Gasteiger charge is 2.30. The Morgan fingerprint density at radius 3 is 2.30 bits per heavy atom. The number of nitrogens with zero attached hydrogens (tertiary/aromatic N) is 5. The number of sulfonamides is 1. The maximum absolute atomic E-state index is 14.0. The largest absolute Gasteiger partial charge is 0.494 e. The first-order chi connectivity index (χ1) is 14.4. The second kappa shape index (κ2) is 8.35. The van der Waals surface area contributed by atoms with Gasteiger partial charge in [0.1, 0.15) is 5.82 Å². The van der Waals surface area contributed by atoms with Crippen molar-refractivity contribution in [1.29, 1.82) is 0 Å². The molecule has 1 aromatic carbocycles. The van der Waals surface area contributed by atoms with Crippen LogP contribution in [-0.4, -0.2) is 69.1 Å². The van der Waals surface area contributed by atoms with Crippen LogP contribution in [0, 0.1) is 12.7 Å². The van der Waals surface area contributed by atoms with Crippen LogP contribution in [0.3, 0.4) is 0 Å². The van der Waals surface area contributed by atoms with Crippen LogP contribution in [-0.2, 0) is 10.0 Å². The molecule has 0 aliphatic carbocycles. The van der Waals surface area contributed by atoms with Crippen LogP contribution in [0.25, 0.3) is 0 Å². The fraction of sp³-hybridized carbons (Fsp3) is 0.500. The van der Waals surface area contributed by atoms with Crippen molar-refractivity contribution in [2.24, 2.45) is 0 Å². The molecule has 2 aromatic rings. The van der Waals surface area contributed by atoms with E-state index in [4.69, 9.17) is 9.72 Å². The monoisotopic (exact) mass is 435 g/mol. The molecule has 162 valence electrons. The van der Waals surface area contributed by atoms with Crippen molar-refractivity contribution >= 4 is 21.8 Å². The minimum Gasteiger partial charge on any atom is -0.494 e. The number of halogens is 1. The highest BCUT2D eigenvalue weighted by atomic mass is 32.2. The molecule has 2 aliphatic rings. The number of aromatic nitrogens is 2. The smallest absolute Gasteiger partial charge is 0.243 e. The molecule has 0 unspecified atom stereocenters. The second-order valence-corrected chi connectivity index (χ2v) is 9.49. The van der Waals surface area contributed by atoms with Gasteiger partial charge >= 0.3 is 0 Å². The SMILES string of the molecule is COc1ccc(S(=O)(=O)N2CCN(c3cc(C)nc(N4CCCC4)n3)CC2)cc1F. The van der Waals surface area contributed by atoms with Crippen LogP contribution in [0.4, 0.5) is 16.2 Å². The van der Waals surface area contributed by atoms with E-state index >= 15 is 0 Å². The Labute approximate surface area is 176 Å². The van der Waals surface area contributed by atoms with Gasteiger partial charge in [0.25, 0.3) is 0 Å². The number of piperazine rings is 1. The first kappa shape index (κ1) is 20.8. The van der Waals surface area contributed by atoms with Gasteiger partial charge in [-0.3, -0.25) is 0 Å². The molecule has 1 aromatic heterocycles. The molecular formula is C20H26FN5O3S. The van der Waals surface area contributed by atoms with Crippen molar-refractivity contribution in [3.8, 4) is 5.75 Å². The van der Waals surface area contributed by atoms with E-state index < -0.39 is 15.8 Å². The summed E-state index contributed by atoms with van der Waals surface area (Å²) in [6.45, 7) is 5.50. The number of aryl methyl sites for hydroxylation is 1. The van der Waals surface area contributed by atoms with Crippen molar-refractivity contribution in [3.63, 3.8) is 0 Å². The zero-order chi connectivity index (χ0) is 21.3. The first-order valence-corrected chi connectivity index (χ1v) is 11.5. The number of hydrogen-bond donors (Lipinski definition) is 0. The van der Waals surface area contributed by atoms with E-state index in [1.807, 2.05) is 13.0 Å². The summed E-state index contributed by atoms with van der Waals surface area (Å²) in [4.78, 5) is 13.5. The van der Waals surface area contributed by atoms with Crippen molar-refractivity contribution < 1.29 is 17.5 Å². The van der Waals surface area contributed by atoms with Gasteiger partial charge in [0.15, 0.2) is 11.6 Å². The maximum Gasteiger partial charge on any atom is 0.243 e. The van der Waals surface area contributed by atoms with Crippen molar-refractivity contribution in [2.75, 3.05) is 56.2 Å². The molecule has 2 saturated heterocycles. The number of methoxy groups -OCH3 is 1. The number of anilines is 2. The molecule has 2 fully saturated rings. The highest BCUT2D eigenvalue weighted by molar-refractivity contribution is 7.89. The summed E-state index contributed by atoms with van der Waals surface area (Å²) in [6.07, 6.45) is 2.30. The van der Waals surface area contributed by atoms with Gasteiger partial charge in [-0.25, -0.2) is 17.8 Å². The summed E-state index contributed by atoms with van der Waals surface area (Å²) in [6, 6.07) is 5.65. The third kappa shape index (κ3) is 4.06. The molecule has 0 radical (unpaired) electrons. The topological polar surface area (TPSA) is 78.9 Å². The summed E-state index contributed by atoms with van der Waals surface area (Å²) in [7, 11) is -2.43. The van der Waals surface area contributed by atoms with E-state index in [1.165, 1.54) is 23.5 Å². The van der Waals surface area contributed by atoms with Gasteiger partial charge in [-0.1, -0.05) is 0 Å². The van der Waals surface area contributed by atoms with E-state index in [0.717, 1.165) is 49.5 Å². The van der Waals surface area contributed by atoms with Crippen LogP contribution in [0.2, 0.25) is 0 Å². The summed E-state index contributed by atoms with van der Waals surface area (Å²) in [5.74, 6) is 0.887. The number of rotatable bonds is 5. The van der Waals surface area contributed by atoms with Crippen LogP contribution >= 0.6 is 0 Å². The van der Waals surface area contributed by atoms with Gasteiger partial charge in [0.05, 0.1) is 12.0 Å². The van der Waals surface area contributed by atoms with Crippen LogP contribution in [0.5, 0.6) is 5.75 Å². The molecule has 8 nitrogen and oxygen atoms in total. The van der Waals surface area contributed by atoms with Gasteiger partial charge in [-0.05, 0) is 38.0 Å². The van der Waals surface area contributed by atoms with Crippen molar-refractivity contribution in [3.05, 3.63) is 35.8 Å². The molecule has 2 aliphatic heterocycles. The van der Waals surface area contributed by atoms with Gasteiger partial charge in [-0.15, -0.1) is 0 Å². The van der Waals surface area contributed by atoms with Crippen LogP contribution in [0.15, 0.2) is 29.2 Å². The summed E-state index contributed by atoms with van der Waals surface area (Å²) in [5, 5.41) is 0. The van der Waals surface area contributed by atoms with E-state index in [1.54, 1.807) is 0 Å². The predicted octanol–water partition coefficient (Wildman–Crippen LogP) is 2.04. The van der Waals surface area contributed by atoms with Crippen LogP contribution in [0.1, 0.15) is 18.5 Å². The Bertz CT molecular complexity index is 1020. The van der Waals surface area contributed by atoms with Crippen LogP contribution < -0.4 is 14.5 Å². The minimum absolute atomic E-state index is 0.0201. The number of benzene rings is 1. The molecule has 4 rings (SSSR count). The highest BCUT2D eigenvalue weighted by Crippen LogP contribution is 2.26. The zero-order valence-electron chi connectivity index (χ0n) is 17.2. The van der Waals surface area contributed by atoms with Gasteiger partial charge in [-0.2, -0.15) is 9.29 Å². The van der Waals surface area contributed by atoms with E-state index in [0.29, 0.717) is 26.2 Å². The molecule has 30 heavy (non-hydrogen) atoms. The number of hydrogen-bond acceptors (Lipinski definition) is 7. The molecule has 0 spiro atoms. The Balaban J connectivity index is 1.48. The molecular weight excluding hydrogens is 409 g/mol. The summed E-state index contributed by atoms with van der Waals surface area (Å²) >= 11 is 0. The van der Waals surface area contributed by atoms with Gasteiger partial charge < -0.3 is 14.5 Å². The molecule has 3 heterocycles. The number of ether oxygens (including phenoxy) is 1. The summed E-state index contributed by atoms with van der Waals surface area (Å²) in [5.41, 5.74) is 0.894. The lowest BCUT2D eigenvalue weighted by Gasteiger charge is -2.35. The van der Waals surface area contributed by atoms with Gasteiger partial charge in [0, 0.05) is 51.0 Å². The zero-order valence-corrected chi connectivity index (χ0v) is 18.0. The van der Waals surface area contributed by atoms with Crippen molar-refractivity contribution in [2.45, 2.75) is 24.7 Å². The fourth-order valence-corrected chi connectivity index (χ4v) is 5.31. The predicted molar refractivity (Wildman–Crippen MR) is 112 cm³/mol. The molecule has 0 atom stereocenters. The Morgan fingerprint density at radius 2 is 1.67 bits per heavy atom. The lowest BCUT2D eigenvalue weighted by Crippen LogP contribution is -2.49. The molecule has 0 saturated carbocycles. The lowest BCUT2D eigenvalue weighted by atomic mass is 10.3. The Kier molecular flexibility index (Phi) is 5.79. The normalized spacial score (nSPS) is 18.1. The fourth-order valence-electron chi connectivity index (χ4n) is 3.87. The molecule has 0 N–H and O–H groups in total. The first-order valence-electron chi connectivity index (χ1n) is 10.1. The molecule has 0 amide bonds. The standard InChI is InChI=1S/C20H26FN5O3S/c1-15-13-19(23-20(22-15)25-7-3-4-8-25)24-9-11-26(12-10-24)30(27,28)16-5-6-18(29-2)17(21)14-16/h5-6,13-14H,3-4,7-12H2,1-2H3. The van der Waals surface area contributed by atoms with Crippen molar-refractivity contribution in [1.82, 2.24) is 14.3 Å². The second-order valence-electron chi connectivity index (χ2n) is 7.55. The lowest BCUT2D eigenvalue weighted by molar-refractivity contribution is 0.379. The molecule has 0 bridgehead atoms. The van der Waals surface area contributed by atoms with E-state index in [-0.39, 0.29) is 10.6 Å². The van der Waals surface area contributed by atoms with E-state index in [2.05, 4.69) is 14.8 Å². The molecule has 10 heteroatoms. The van der Waals surface area contributed by atoms with Gasteiger partial charge in [0.2, 0.25) is 16.0 Å². The third-order valence-corrected chi connectivity index (χ3v) is 7.44.